The van der Waals surface area contributed by atoms with E-state index in [0.717, 1.165) is 37.2 Å². The highest BCUT2D eigenvalue weighted by Crippen LogP contribution is 2.36. The number of rotatable bonds is 1. The lowest BCUT2D eigenvalue weighted by atomic mass is 9.88. The second-order valence-electron chi connectivity index (χ2n) is 4.69. The van der Waals surface area contributed by atoms with E-state index in [-0.39, 0.29) is 0 Å². The molecule has 1 N–H and O–H groups in total. The summed E-state index contributed by atoms with van der Waals surface area (Å²) in [4.78, 5) is 7.97. The summed E-state index contributed by atoms with van der Waals surface area (Å²) in [6.45, 7) is 2.26. The lowest BCUT2D eigenvalue weighted by molar-refractivity contribution is 0.0191. The topological polar surface area (TPSA) is 46.0 Å². The minimum absolute atomic E-state index is 0.688. The highest BCUT2D eigenvalue weighted by atomic mass is 16.3. The number of aliphatic hydroxyl groups is 1. The summed E-state index contributed by atoms with van der Waals surface area (Å²) >= 11 is 0. The van der Waals surface area contributed by atoms with Crippen LogP contribution in [0.4, 0.5) is 0 Å². The second-order valence-corrected chi connectivity index (χ2v) is 4.69. The van der Waals surface area contributed by atoms with Crippen LogP contribution in [0, 0.1) is 5.92 Å². The van der Waals surface area contributed by atoms with Crippen molar-refractivity contribution in [3.05, 3.63) is 24.3 Å². The summed E-state index contributed by atoms with van der Waals surface area (Å²) in [5.41, 5.74) is 0.186. The van der Waals surface area contributed by atoms with E-state index in [1.807, 2.05) is 0 Å². The molecule has 0 bridgehead atoms. The van der Waals surface area contributed by atoms with E-state index in [1.165, 1.54) is 12.7 Å². The minimum Gasteiger partial charge on any atom is -0.385 e. The van der Waals surface area contributed by atoms with Crippen molar-refractivity contribution in [3.8, 4) is 0 Å². The summed E-state index contributed by atoms with van der Waals surface area (Å²) < 4.78 is 0. The van der Waals surface area contributed by atoms with Crippen LogP contribution in [0.25, 0.3) is 0 Å². The molecule has 1 heterocycles. The van der Waals surface area contributed by atoms with Crippen molar-refractivity contribution in [2.45, 2.75) is 44.6 Å². The van der Waals surface area contributed by atoms with Crippen molar-refractivity contribution in [2.24, 2.45) is 5.92 Å². The fraction of sp³-hybridized carbons (Fsp3) is 0.667. The van der Waals surface area contributed by atoms with Gasteiger partial charge in [0.15, 0.2) is 0 Å². The van der Waals surface area contributed by atoms with Gasteiger partial charge in [-0.15, -0.1) is 0 Å². The molecule has 2 atom stereocenters. The van der Waals surface area contributed by atoms with Crippen LogP contribution < -0.4 is 0 Å². The maximum Gasteiger partial charge on any atom is 0.115 e. The van der Waals surface area contributed by atoms with Gasteiger partial charge in [-0.1, -0.05) is 13.3 Å². The van der Waals surface area contributed by atoms with Crippen molar-refractivity contribution >= 4 is 0 Å². The van der Waals surface area contributed by atoms with Gasteiger partial charge < -0.3 is 5.11 Å². The Bertz CT molecular complexity index is 315. The Labute approximate surface area is 90.6 Å². The Kier molecular flexibility index (Phi) is 3.00. The fourth-order valence-electron chi connectivity index (χ4n) is 2.33. The third-order valence-electron chi connectivity index (χ3n) is 3.44. The molecule has 1 saturated carbocycles. The number of hydrogen-bond acceptors (Lipinski definition) is 3. The molecule has 1 aliphatic rings. The van der Waals surface area contributed by atoms with E-state index in [2.05, 4.69) is 16.9 Å². The smallest absolute Gasteiger partial charge is 0.115 e. The molecule has 0 radical (unpaired) electrons. The highest BCUT2D eigenvalue weighted by molar-refractivity contribution is 5.14. The van der Waals surface area contributed by atoms with Crippen LogP contribution in [-0.4, -0.2) is 15.1 Å². The van der Waals surface area contributed by atoms with Gasteiger partial charge in [0, 0.05) is 18.0 Å². The molecular formula is C12H18N2O. The van der Waals surface area contributed by atoms with Crippen molar-refractivity contribution in [1.29, 1.82) is 0 Å². The Morgan fingerprint density at radius 1 is 1.27 bits per heavy atom. The van der Waals surface area contributed by atoms with E-state index >= 15 is 0 Å². The van der Waals surface area contributed by atoms with Crippen LogP contribution in [0.2, 0.25) is 0 Å². The van der Waals surface area contributed by atoms with Crippen molar-refractivity contribution in [3.63, 3.8) is 0 Å². The first-order valence-electron chi connectivity index (χ1n) is 5.68. The van der Waals surface area contributed by atoms with Gasteiger partial charge in [-0.05, 0) is 31.6 Å². The summed E-state index contributed by atoms with van der Waals surface area (Å²) in [5.74, 6) is 0.726. The van der Waals surface area contributed by atoms with Gasteiger partial charge in [0.05, 0.1) is 5.60 Å². The molecule has 0 saturated heterocycles. The van der Waals surface area contributed by atoms with E-state index < -0.39 is 5.60 Å². The number of nitrogens with zero attached hydrogens (tertiary/aromatic N) is 2. The van der Waals surface area contributed by atoms with Gasteiger partial charge >= 0.3 is 0 Å². The molecule has 15 heavy (non-hydrogen) atoms. The van der Waals surface area contributed by atoms with Crippen LogP contribution in [0.1, 0.15) is 44.6 Å². The van der Waals surface area contributed by atoms with E-state index in [1.54, 1.807) is 12.4 Å². The van der Waals surface area contributed by atoms with Crippen LogP contribution in [-0.2, 0) is 5.60 Å². The molecule has 1 aromatic rings. The summed E-state index contributed by atoms with van der Waals surface area (Å²) in [7, 11) is 0. The molecule has 0 aliphatic heterocycles. The lowest BCUT2D eigenvalue weighted by Gasteiger charge is -2.26. The van der Waals surface area contributed by atoms with Gasteiger partial charge in [-0.3, -0.25) is 0 Å². The Balaban J connectivity index is 2.19. The van der Waals surface area contributed by atoms with Gasteiger partial charge in [-0.2, -0.15) is 0 Å². The second kappa shape index (κ2) is 4.27. The molecule has 2 unspecified atom stereocenters. The fourth-order valence-corrected chi connectivity index (χ4v) is 2.33. The predicted octanol–water partition coefficient (Wildman–Crippen LogP) is 2.26. The quantitative estimate of drug-likeness (QED) is 0.717. The van der Waals surface area contributed by atoms with Crippen molar-refractivity contribution < 1.29 is 5.11 Å². The van der Waals surface area contributed by atoms with E-state index in [4.69, 9.17) is 0 Å². The monoisotopic (exact) mass is 206 g/mol. The third kappa shape index (κ3) is 2.34. The lowest BCUT2D eigenvalue weighted by Crippen LogP contribution is -2.25. The van der Waals surface area contributed by atoms with Crippen LogP contribution in [0.15, 0.2) is 18.7 Å². The summed E-state index contributed by atoms with van der Waals surface area (Å²) in [5, 5.41) is 10.6. The maximum absolute atomic E-state index is 10.6. The molecule has 1 fully saturated rings. The highest BCUT2D eigenvalue weighted by Gasteiger charge is 2.31. The average molecular weight is 206 g/mol. The average Bonchev–Trinajstić information content (AvgIpc) is 2.44. The molecule has 0 spiro atoms. The van der Waals surface area contributed by atoms with Crippen LogP contribution in [0.5, 0.6) is 0 Å². The molecule has 1 aromatic heterocycles. The molecule has 3 heteroatoms. The first kappa shape index (κ1) is 10.6. The van der Waals surface area contributed by atoms with Crippen LogP contribution in [0.3, 0.4) is 0 Å². The zero-order valence-electron chi connectivity index (χ0n) is 9.19. The maximum atomic E-state index is 10.6. The largest absolute Gasteiger partial charge is 0.385 e. The Morgan fingerprint density at radius 3 is 2.73 bits per heavy atom. The predicted molar refractivity (Wildman–Crippen MR) is 58.2 cm³/mol. The summed E-state index contributed by atoms with van der Waals surface area (Å²) in [6, 6.07) is 0. The molecular weight excluding hydrogens is 188 g/mol. The third-order valence-corrected chi connectivity index (χ3v) is 3.44. The number of aromatic nitrogens is 2. The standard InChI is InChI=1S/C12H18N2O/c1-10-3-2-5-12(15,6-4-10)11-7-13-9-14-8-11/h7-10,15H,2-6H2,1H3. The first-order chi connectivity index (χ1) is 7.21. The minimum atomic E-state index is -0.688. The Hall–Kier alpha value is -0.960. The molecule has 0 aromatic carbocycles. The molecule has 1 aliphatic carbocycles. The van der Waals surface area contributed by atoms with Gasteiger partial charge in [0.25, 0.3) is 0 Å². The Morgan fingerprint density at radius 2 is 2.00 bits per heavy atom. The molecule has 3 nitrogen and oxygen atoms in total. The molecule has 82 valence electrons. The SMILES string of the molecule is CC1CCCC(O)(c2cncnc2)CC1. The van der Waals surface area contributed by atoms with E-state index in [0.29, 0.717) is 0 Å². The van der Waals surface area contributed by atoms with Crippen molar-refractivity contribution in [2.75, 3.05) is 0 Å². The zero-order valence-corrected chi connectivity index (χ0v) is 9.19. The zero-order chi connectivity index (χ0) is 10.7. The van der Waals surface area contributed by atoms with Crippen molar-refractivity contribution in [1.82, 2.24) is 9.97 Å². The molecule has 0 amide bonds. The van der Waals surface area contributed by atoms with Gasteiger partial charge in [-0.25, -0.2) is 9.97 Å². The normalized spacial score (nSPS) is 32.3. The number of hydrogen-bond donors (Lipinski definition) is 1. The first-order valence-corrected chi connectivity index (χ1v) is 5.68. The van der Waals surface area contributed by atoms with Gasteiger partial charge in [0.2, 0.25) is 0 Å². The molecule has 2 rings (SSSR count). The van der Waals surface area contributed by atoms with Gasteiger partial charge in [0.1, 0.15) is 6.33 Å². The van der Waals surface area contributed by atoms with E-state index in [9.17, 15) is 5.11 Å². The van der Waals surface area contributed by atoms with Crippen LogP contribution >= 0.6 is 0 Å². The summed E-state index contributed by atoms with van der Waals surface area (Å²) in [6.07, 6.45) is 10.1.